The van der Waals surface area contributed by atoms with Crippen LogP contribution in [0.1, 0.15) is 63.1 Å². The molecule has 0 bridgehead atoms. The summed E-state index contributed by atoms with van der Waals surface area (Å²) in [5.41, 5.74) is 1.11. The van der Waals surface area contributed by atoms with E-state index in [0.717, 1.165) is 31.5 Å². The van der Waals surface area contributed by atoms with Crippen LogP contribution in [0.4, 0.5) is 4.39 Å². The molecule has 4 aromatic heterocycles. The molecule has 0 saturated heterocycles. The molecule has 176 valence electrons. The Hall–Kier alpha value is -3.69. The second-order valence-corrected chi connectivity index (χ2v) is 8.68. The first-order valence-electron chi connectivity index (χ1n) is 11.3. The first-order chi connectivity index (χ1) is 16.5. The molecule has 5 rings (SSSR count). The van der Waals surface area contributed by atoms with Crippen LogP contribution in [0, 0.1) is 5.82 Å². The average molecular weight is 465 g/mol. The van der Waals surface area contributed by atoms with Gasteiger partial charge in [0.15, 0.2) is 5.82 Å². The monoisotopic (exact) mass is 464 g/mol. The number of aromatic nitrogens is 6. The highest BCUT2D eigenvalue weighted by atomic mass is 19.1. The van der Waals surface area contributed by atoms with E-state index in [9.17, 15) is 4.39 Å². The Bertz CT molecular complexity index is 1300. The Labute approximate surface area is 195 Å². The third kappa shape index (κ3) is 4.27. The highest BCUT2D eigenvalue weighted by molar-refractivity contribution is 5.93. The van der Waals surface area contributed by atoms with E-state index in [1.54, 1.807) is 12.3 Å². The summed E-state index contributed by atoms with van der Waals surface area (Å²) in [6.07, 6.45) is 7.85. The van der Waals surface area contributed by atoms with Crippen molar-refractivity contribution in [3.05, 3.63) is 48.4 Å². The standard InChI is InChI=1S/C24H25FN6O3/c1-13(2)22-30-23(34-31-22)14-4-6-15(7-5-14)33-24-16-8-9-26-21(20(16)28-12-29-24)17-11-27-19(32-3)10-18(17)25/h8-15H,4-7H2,1-3H3. The van der Waals surface area contributed by atoms with Crippen molar-refractivity contribution >= 4 is 10.9 Å². The maximum Gasteiger partial charge on any atom is 0.229 e. The van der Waals surface area contributed by atoms with E-state index in [1.807, 2.05) is 13.8 Å². The van der Waals surface area contributed by atoms with Gasteiger partial charge in [0.1, 0.15) is 29.5 Å². The summed E-state index contributed by atoms with van der Waals surface area (Å²) in [5.74, 6) is 2.09. The number of halogens is 1. The summed E-state index contributed by atoms with van der Waals surface area (Å²) in [5, 5.41) is 4.75. The zero-order valence-electron chi connectivity index (χ0n) is 19.2. The largest absolute Gasteiger partial charge is 0.481 e. The quantitative estimate of drug-likeness (QED) is 0.396. The molecule has 4 heterocycles. The lowest BCUT2D eigenvalue weighted by Gasteiger charge is -2.27. The van der Waals surface area contributed by atoms with Crippen molar-refractivity contribution in [1.29, 1.82) is 0 Å². The maximum absolute atomic E-state index is 14.7. The van der Waals surface area contributed by atoms with E-state index in [-0.39, 0.29) is 29.4 Å². The van der Waals surface area contributed by atoms with Gasteiger partial charge in [-0.2, -0.15) is 4.98 Å². The third-order valence-corrected chi connectivity index (χ3v) is 6.08. The van der Waals surface area contributed by atoms with Crippen molar-refractivity contribution in [2.24, 2.45) is 0 Å². The average Bonchev–Trinajstić information content (AvgIpc) is 3.35. The molecule has 0 radical (unpaired) electrons. The first kappa shape index (κ1) is 22.1. The predicted molar refractivity (Wildman–Crippen MR) is 121 cm³/mol. The number of hydrogen-bond donors (Lipinski definition) is 0. The number of rotatable bonds is 6. The van der Waals surface area contributed by atoms with Gasteiger partial charge in [-0.1, -0.05) is 19.0 Å². The van der Waals surface area contributed by atoms with E-state index in [2.05, 4.69) is 30.1 Å². The number of nitrogens with zero attached hydrogens (tertiary/aromatic N) is 6. The number of hydrogen-bond acceptors (Lipinski definition) is 9. The van der Waals surface area contributed by atoms with E-state index >= 15 is 0 Å². The number of methoxy groups -OCH3 is 1. The minimum Gasteiger partial charge on any atom is -0.481 e. The highest BCUT2D eigenvalue weighted by Crippen LogP contribution is 2.36. The van der Waals surface area contributed by atoms with Crippen molar-refractivity contribution in [3.8, 4) is 23.0 Å². The Balaban J connectivity index is 1.35. The number of ether oxygens (including phenoxy) is 2. The van der Waals surface area contributed by atoms with Gasteiger partial charge in [-0.05, 0) is 31.7 Å². The summed E-state index contributed by atoms with van der Waals surface area (Å²) < 4.78 is 31.5. The SMILES string of the molecule is COc1cc(F)c(-c2nccc3c(OC4CCC(c5nc(C(C)C)no5)CC4)ncnc23)cn1. The lowest BCUT2D eigenvalue weighted by atomic mass is 9.87. The molecule has 0 atom stereocenters. The molecule has 0 unspecified atom stereocenters. The Morgan fingerprint density at radius 1 is 1.09 bits per heavy atom. The summed E-state index contributed by atoms with van der Waals surface area (Å²) in [6, 6.07) is 3.00. The van der Waals surface area contributed by atoms with Crippen LogP contribution in [0.2, 0.25) is 0 Å². The topological polar surface area (TPSA) is 109 Å². The van der Waals surface area contributed by atoms with Crippen LogP contribution in [-0.4, -0.2) is 43.3 Å². The molecular formula is C24H25FN6O3. The van der Waals surface area contributed by atoms with Crippen LogP contribution in [0.25, 0.3) is 22.2 Å². The molecule has 1 aliphatic carbocycles. The van der Waals surface area contributed by atoms with Crippen LogP contribution in [-0.2, 0) is 0 Å². The van der Waals surface area contributed by atoms with E-state index < -0.39 is 5.82 Å². The zero-order chi connectivity index (χ0) is 23.7. The van der Waals surface area contributed by atoms with Crippen molar-refractivity contribution in [2.75, 3.05) is 7.11 Å². The van der Waals surface area contributed by atoms with Gasteiger partial charge in [0.05, 0.1) is 18.1 Å². The summed E-state index contributed by atoms with van der Waals surface area (Å²) in [7, 11) is 1.44. The molecule has 0 aliphatic heterocycles. The molecule has 4 aromatic rings. The summed E-state index contributed by atoms with van der Waals surface area (Å²) in [4.78, 5) is 21.7. The fraction of sp³-hybridized carbons (Fsp3) is 0.417. The predicted octanol–water partition coefficient (Wildman–Crippen LogP) is 4.85. The van der Waals surface area contributed by atoms with Crippen LogP contribution in [0.5, 0.6) is 11.8 Å². The van der Waals surface area contributed by atoms with Gasteiger partial charge >= 0.3 is 0 Å². The van der Waals surface area contributed by atoms with Gasteiger partial charge < -0.3 is 14.0 Å². The molecule has 1 aliphatic rings. The van der Waals surface area contributed by atoms with Gasteiger partial charge in [0, 0.05) is 30.3 Å². The second-order valence-electron chi connectivity index (χ2n) is 8.68. The van der Waals surface area contributed by atoms with Gasteiger partial charge in [-0.3, -0.25) is 4.98 Å². The van der Waals surface area contributed by atoms with E-state index in [0.29, 0.717) is 28.4 Å². The Morgan fingerprint density at radius 2 is 1.91 bits per heavy atom. The maximum atomic E-state index is 14.7. The van der Waals surface area contributed by atoms with Gasteiger partial charge in [0.25, 0.3) is 0 Å². The second kappa shape index (κ2) is 9.28. The molecular weight excluding hydrogens is 439 g/mol. The number of fused-ring (bicyclic) bond motifs is 1. The van der Waals surface area contributed by atoms with E-state index in [1.165, 1.54) is 25.7 Å². The van der Waals surface area contributed by atoms with Crippen LogP contribution in [0.3, 0.4) is 0 Å². The van der Waals surface area contributed by atoms with Crippen LogP contribution in [0.15, 0.2) is 35.4 Å². The van der Waals surface area contributed by atoms with Gasteiger partial charge in [-0.15, -0.1) is 0 Å². The Kier molecular flexibility index (Phi) is 6.04. The number of pyridine rings is 2. The summed E-state index contributed by atoms with van der Waals surface area (Å²) >= 11 is 0. The van der Waals surface area contributed by atoms with Gasteiger partial charge in [-0.25, -0.2) is 19.3 Å². The fourth-order valence-corrected chi connectivity index (χ4v) is 4.19. The highest BCUT2D eigenvalue weighted by Gasteiger charge is 2.28. The van der Waals surface area contributed by atoms with Crippen molar-refractivity contribution in [1.82, 2.24) is 30.1 Å². The smallest absolute Gasteiger partial charge is 0.229 e. The van der Waals surface area contributed by atoms with Crippen LogP contribution < -0.4 is 9.47 Å². The van der Waals surface area contributed by atoms with Crippen LogP contribution >= 0.6 is 0 Å². The first-order valence-corrected chi connectivity index (χ1v) is 11.3. The van der Waals surface area contributed by atoms with Gasteiger partial charge in [0.2, 0.25) is 17.7 Å². The third-order valence-electron chi connectivity index (χ3n) is 6.08. The normalized spacial score (nSPS) is 18.4. The minimum absolute atomic E-state index is 0.00200. The molecule has 1 fully saturated rings. The lowest BCUT2D eigenvalue weighted by Crippen LogP contribution is -2.24. The molecule has 0 amide bonds. The van der Waals surface area contributed by atoms with Crippen molar-refractivity contribution in [2.45, 2.75) is 57.5 Å². The molecule has 9 nitrogen and oxygen atoms in total. The molecule has 0 spiro atoms. The molecule has 0 N–H and O–H groups in total. The summed E-state index contributed by atoms with van der Waals surface area (Å²) in [6.45, 7) is 4.10. The van der Waals surface area contributed by atoms with E-state index in [4.69, 9.17) is 14.0 Å². The van der Waals surface area contributed by atoms with Crippen molar-refractivity contribution in [3.63, 3.8) is 0 Å². The molecule has 0 aromatic carbocycles. The van der Waals surface area contributed by atoms with Crippen molar-refractivity contribution < 1.29 is 18.4 Å². The minimum atomic E-state index is -0.493. The fourth-order valence-electron chi connectivity index (χ4n) is 4.19. The molecule has 34 heavy (non-hydrogen) atoms. The molecule has 1 saturated carbocycles. The molecule has 10 heteroatoms. The lowest BCUT2D eigenvalue weighted by molar-refractivity contribution is 0.135. The zero-order valence-corrected chi connectivity index (χ0v) is 19.2. The Morgan fingerprint density at radius 3 is 2.62 bits per heavy atom.